The molecule has 0 aromatic carbocycles. The summed E-state index contributed by atoms with van der Waals surface area (Å²) in [5.41, 5.74) is 0.0833. The molecule has 0 saturated carbocycles. The van der Waals surface area contributed by atoms with Gasteiger partial charge in [0.05, 0.1) is 0 Å². The van der Waals surface area contributed by atoms with Crippen molar-refractivity contribution in [2.75, 3.05) is 0 Å². The molecule has 1 aliphatic heterocycles. The van der Waals surface area contributed by atoms with Gasteiger partial charge in [-0.25, -0.2) is 0 Å². The summed E-state index contributed by atoms with van der Waals surface area (Å²) in [6.07, 6.45) is 3.81. The van der Waals surface area contributed by atoms with Gasteiger partial charge in [0.25, 0.3) is 0 Å². The first-order valence-corrected chi connectivity index (χ1v) is 2.41. The molecular formula is C5H10N2. The normalized spacial score (nSPS) is 23.7. The van der Waals surface area contributed by atoms with Gasteiger partial charge in [-0.3, -0.25) is 0 Å². The van der Waals surface area contributed by atoms with Gasteiger partial charge in [0.15, 0.2) is 0 Å². The highest BCUT2D eigenvalue weighted by Gasteiger charge is 2.14. The Bertz CT molecular complexity index is 84.3. The Hall–Kier alpha value is -0.660. The van der Waals surface area contributed by atoms with Crippen LogP contribution >= 0.6 is 0 Å². The second-order valence-electron chi connectivity index (χ2n) is 2.25. The minimum Gasteiger partial charge on any atom is -0.368 e. The summed E-state index contributed by atoms with van der Waals surface area (Å²) >= 11 is 0. The van der Waals surface area contributed by atoms with Crippen LogP contribution < -0.4 is 10.6 Å². The third-order valence-corrected chi connectivity index (χ3v) is 0.972. The van der Waals surface area contributed by atoms with Crippen molar-refractivity contribution >= 4 is 0 Å². The van der Waals surface area contributed by atoms with Crippen molar-refractivity contribution in [3.63, 3.8) is 0 Å². The van der Waals surface area contributed by atoms with E-state index in [-0.39, 0.29) is 5.66 Å². The van der Waals surface area contributed by atoms with Gasteiger partial charge in [-0.2, -0.15) is 0 Å². The number of rotatable bonds is 0. The van der Waals surface area contributed by atoms with E-state index in [4.69, 9.17) is 0 Å². The van der Waals surface area contributed by atoms with E-state index in [2.05, 4.69) is 24.5 Å². The number of hydrogen-bond acceptors (Lipinski definition) is 2. The molecule has 0 spiro atoms. The van der Waals surface area contributed by atoms with Gasteiger partial charge in [0.1, 0.15) is 5.66 Å². The van der Waals surface area contributed by atoms with E-state index in [1.54, 1.807) is 0 Å². The van der Waals surface area contributed by atoms with Gasteiger partial charge in [0, 0.05) is 12.4 Å². The SMILES string of the molecule is CC1(C)NC=CN1. The highest BCUT2D eigenvalue weighted by Crippen LogP contribution is 1.99. The lowest BCUT2D eigenvalue weighted by atomic mass is 10.3. The first-order chi connectivity index (χ1) is 3.21. The summed E-state index contributed by atoms with van der Waals surface area (Å²) in [5.74, 6) is 0. The summed E-state index contributed by atoms with van der Waals surface area (Å²) in [4.78, 5) is 0. The lowest BCUT2D eigenvalue weighted by molar-refractivity contribution is 0.425. The number of nitrogens with one attached hydrogen (secondary N) is 2. The van der Waals surface area contributed by atoms with Crippen LogP contribution in [0.15, 0.2) is 12.4 Å². The Kier molecular flexibility index (Phi) is 0.741. The zero-order valence-corrected chi connectivity index (χ0v) is 4.65. The molecule has 2 nitrogen and oxygen atoms in total. The van der Waals surface area contributed by atoms with Crippen molar-refractivity contribution in [3.05, 3.63) is 12.4 Å². The molecule has 0 aromatic rings. The summed E-state index contributed by atoms with van der Waals surface area (Å²) in [6, 6.07) is 0. The van der Waals surface area contributed by atoms with Gasteiger partial charge in [-0.15, -0.1) is 0 Å². The number of hydrogen-bond donors (Lipinski definition) is 2. The van der Waals surface area contributed by atoms with Crippen LogP contribution in [-0.4, -0.2) is 5.66 Å². The highest BCUT2D eigenvalue weighted by molar-refractivity contribution is 4.96. The molecule has 0 bridgehead atoms. The van der Waals surface area contributed by atoms with Gasteiger partial charge in [-0.05, 0) is 13.8 Å². The van der Waals surface area contributed by atoms with Crippen LogP contribution in [0.4, 0.5) is 0 Å². The molecule has 7 heavy (non-hydrogen) atoms. The topological polar surface area (TPSA) is 24.1 Å². The summed E-state index contributed by atoms with van der Waals surface area (Å²) in [6.45, 7) is 4.15. The zero-order chi connectivity index (χ0) is 5.33. The standard InChI is InChI=1S/C5H10N2/c1-5(2)6-3-4-7-5/h3-4,6-7H,1-2H3. The Morgan fingerprint density at radius 3 is 1.71 bits per heavy atom. The van der Waals surface area contributed by atoms with E-state index in [0.29, 0.717) is 0 Å². The van der Waals surface area contributed by atoms with E-state index in [0.717, 1.165) is 0 Å². The fourth-order valence-corrected chi connectivity index (χ4v) is 0.542. The Morgan fingerprint density at radius 2 is 1.57 bits per heavy atom. The Balaban J connectivity index is 2.49. The molecule has 0 unspecified atom stereocenters. The lowest BCUT2D eigenvalue weighted by Gasteiger charge is -2.18. The maximum absolute atomic E-state index is 3.10. The molecule has 0 amide bonds. The van der Waals surface area contributed by atoms with Crippen molar-refractivity contribution in [1.29, 1.82) is 0 Å². The minimum atomic E-state index is 0.0833. The summed E-state index contributed by atoms with van der Waals surface area (Å²) in [7, 11) is 0. The summed E-state index contributed by atoms with van der Waals surface area (Å²) < 4.78 is 0. The van der Waals surface area contributed by atoms with Gasteiger partial charge >= 0.3 is 0 Å². The zero-order valence-electron chi connectivity index (χ0n) is 4.65. The van der Waals surface area contributed by atoms with E-state index in [1.807, 2.05) is 12.4 Å². The maximum Gasteiger partial charge on any atom is 0.101 e. The largest absolute Gasteiger partial charge is 0.368 e. The van der Waals surface area contributed by atoms with Crippen molar-refractivity contribution in [1.82, 2.24) is 10.6 Å². The van der Waals surface area contributed by atoms with Gasteiger partial charge < -0.3 is 10.6 Å². The second kappa shape index (κ2) is 1.15. The molecule has 0 fully saturated rings. The molecule has 0 radical (unpaired) electrons. The fourth-order valence-electron chi connectivity index (χ4n) is 0.542. The van der Waals surface area contributed by atoms with Crippen LogP contribution in [0.25, 0.3) is 0 Å². The van der Waals surface area contributed by atoms with Crippen LogP contribution in [0.5, 0.6) is 0 Å². The van der Waals surface area contributed by atoms with E-state index < -0.39 is 0 Å². The first kappa shape index (κ1) is 4.50. The van der Waals surface area contributed by atoms with E-state index in [1.165, 1.54) is 0 Å². The summed E-state index contributed by atoms with van der Waals surface area (Å²) in [5, 5.41) is 6.21. The van der Waals surface area contributed by atoms with Gasteiger partial charge in [-0.1, -0.05) is 0 Å². The average Bonchev–Trinajstić information content (AvgIpc) is 1.84. The molecule has 2 N–H and O–H groups in total. The minimum absolute atomic E-state index is 0.0833. The third-order valence-electron chi connectivity index (χ3n) is 0.972. The van der Waals surface area contributed by atoms with Crippen LogP contribution in [0.3, 0.4) is 0 Å². The molecule has 1 rings (SSSR count). The smallest absolute Gasteiger partial charge is 0.101 e. The third kappa shape index (κ3) is 0.856. The molecule has 1 heterocycles. The van der Waals surface area contributed by atoms with Crippen LogP contribution in [0.1, 0.15) is 13.8 Å². The van der Waals surface area contributed by atoms with Crippen LogP contribution in [0, 0.1) is 0 Å². The fraction of sp³-hybridized carbons (Fsp3) is 0.600. The Labute approximate surface area is 43.6 Å². The maximum atomic E-state index is 3.10. The second-order valence-corrected chi connectivity index (χ2v) is 2.25. The quantitative estimate of drug-likeness (QED) is 0.458. The molecular weight excluding hydrogens is 88.1 g/mol. The molecule has 0 saturated heterocycles. The molecule has 0 aromatic heterocycles. The molecule has 2 heteroatoms. The van der Waals surface area contributed by atoms with Crippen molar-refractivity contribution in [2.24, 2.45) is 0 Å². The molecule has 1 aliphatic rings. The monoisotopic (exact) mass is 98.1 g/mol. The van der Waals surface area contributed by atoms with Crippen molar-refractivity contribution in [3.8, 4) is 0 Å². The van der Waals surface area contributed by atoms with E-state index in [9.17, 15) is 0 Å². The van der Waals surface area contributed by atoms with Crippen molar-refractivity contribution < 1.29 is 0 Å². The lowest BCUT2D eigenvalue weighted by Crippen LogP contribution is -2.41. The predicted molar refractivity (Wildman–Crippen MR) is 29.5 cm³/mol. The highest BCUT2D eigenvalue weighted by atomic mass is 15.2. The van der Waals surface area contributed by atoms with Gasteiger partial charge in [0.2, 0.25) is 0 Å². The Morgan fingerprint density at radius 1 is 1.14 bits per heavy atom. The average molecular weight is 98.1 g/mol. The molecule has 0 atom stereocenters. The van der Waals surface area contributed by atoms with E-state index >= 15 is 0 Å². The first-order valence-electron chi connectivity index (χ1n) is 2.41. The molecule has 0 aliphatic carbocycles. The van der Waals surface area contributed by atoms with Crippen molar-refractivity contribution in [2.45, 2.75) is 19.5 Å². The predicted octanol–water partition coefficient (Wildman–Crippen LogP) is 0.386. The molecule has 40 valence electrons. The van der Waals surface area contributed by atoms with Crippen LogP contribution in [0.2, 0.25) is 0 Å². The van der Waals surface area contributed by atoms with Crippen LogP contribution in [-0.2, 0) is 0 Å².